The second kappa shape index (κ2) is 6.72. The Morgan fingerprint density at radius 3 is 2.73 bits per heavy atom. The van der Waals surface area contributed by atoms with Gasteiger partial charge < -0.3 is 19.5 Å². The molecule has 2 amide bonds. The first-order chi connectivity index (χ1) is 12.6. The predicted molar refractivity (Wildman–Crippen MR) is 96.0 cm³/mol. The van der Waals surface area contributed by atoms with Gasteiger partial charge in [0.2, 0.25) is 5.89 Å². The number of anilines is 1. The fourth-order valence-electron chi connectivity index (χ4n) is 4.11. The Kier molecular flexibility index (Phi) is 4.40. The number of nitrogens with one attached hydrogen (secondary N) is 1. The van der Waals surface area contributed by atoms with Crippen LogP contribution in [-0.2, 0) is 4.74 Å². The van der Waals surface area contributed by atoms with E-state index in [1.54, 1.807) is 0 Å². The van der Waals surface area contributed by atoms with Gasteiger partial charge >= 0.3 is 6.03 Å². The highest BCUT2D eigenvalue weighted by Crippen LogP contribution is 2.49. The van der Waals surface area contributed by atoms with Crippen molar-refractivity contribution in [2.75, 3.05) is 31.6 Å². The van der Waals surface area contributed by atoms with Gasteiger partial charge in [0.15, 0.2) is 5.82 Å². The Balaban J connectivity index is 1.56. The van der Waals surface area contributed by atoms with Crippen LogP contribution in [0, 0.1) is 19.3 Å². The van der Waals surface area contributed by atoms with Crippen LogP contribution in [0.2, 0.25) is 0 Å². The summed E-state index contributed by atoms with van der Waals surface area (Å²) < 4.78 is 11.0. The first kappa shape index (κ1) is 17.0. The number of hydrogen-bond acceptors (Lipinski definition) is 5. The topological polar surface area (TPSA) is 80.5 Å². The highest BCUT2D eigenvalue weighted by Gasteiger charge is 2.51. The van der Waals surface area contributed by atoms with E-state index in [1.807, 2.05) is 43.0 Å². The number of carbonyl (C=O) groups is 1. The molecule has 138 valence electrons. The average Bonchev–Trinajstić information content (AvgIpc) is 3.22. The maximum Gasteiger partial charge on any atom is 0.321 e. The van der Waals surface area contributed by atoms with Crippen LogP contribution in [0.25, 0.3) is 0 Å². The zero-order chi connectivity index (χ0) is 18.1. The van der Waals surface area contributed by atoms with Gasteiger partial charge in [-0.15, -0.1) is 0 Å². The Hall–Kier alpha value is -2.41. The van der Waals surface area contributed by atoms with E-state index in [2.05, 4.69) is 15.5 Å². The van der Waals surface area contributed by atoms with Crippen LogP contribution in [0.5, 0.6) is 0 Å². The van der Waals surface area contributed by atoms with Crippen molar-refractivity contribution in [3.63, 3.8) is 0 Å². The summed E-state index contributed by atoms with van der Waals surface area (Å²) in [5.74, 6) is 1.32. The number of urea groups is 1. The van der Waals surface area contributed by atoms with Gasteiger partial charge in [0.25, 0.3) is 0 Å². The van der Waals surface area contributed by atoms with Gasteiger partial charge in [0.05, 0.1) is 5.92 Å². The molecule has 0 bridgehead atoms. The third-order valence-electron chi connectivity index (χ3n) is 5.65. The number of hydrogen-bond donors (Lipinski definition) is 1. The molecule has 1 unspecified atom stereocenters. The molecule has 7 nitrogen and oxygen atoms in total. The molecular formula is C19H24N4O3. The van der Waals surface area contributed by atoms with Crippen molar-refractivity contribution in [3.05, 3.63) is 41.5 Å². The third kappa shape index (κ3) is 3.07. The summed E-state index contributed by atoms with van der Waals surface area (Å²) in [5, 5.41) is 6.99. The van der Waals surface area contributed by atoms with Crippen molar-refractivity contribution < 1.29 is 14.1 Å². The minimum Gasteiger partial charge on any atom is -0.381 e. The van der Waals surface area contributed by atoms with Crippen LogP contribution in [0.1, 0.15) is 36.0 Å². The summed E-state index contributed by atoms with van der Waals surface area (Å²) in [7, 11) is 0. The van der Waals surface area contributed by atoms with Crippen LogP contribution in [-0.4, -0.2) is 47.4 Å². The fourth-order valence-corrected chi connectivity index (χ4v) is 4.11. The maximum absolute atomic E-state index is 12.9. The molecule has 3 heterocycles. The maximum atomic E-state index is 12.9. The minimum atomic E-state index is -0.0797. The zero-order valence-corrected chi connectivity index (χ0v) is 15.2. The Labute approximate surface area is 152 Å². The van der Waals surface area contributed by atoms with Crippen LogP contribution >= 0.6 is 0 Å². The lowest BCUT2D eigenvalue weighted by molar-refractivity contribution is 0.00959. The van der Waals surface area contributed by atoms with E-state index in [0.717, 1.165) is 24.1 Å². The van der Waals surface area contributed by atoms with Gasteiger partial charge in [-0.1, -0.05) is 23.4 Å². The molecule has 2 fully saturated rings. The molecular weight excluding hydrogens is 332 g/mol. The summed E-state index contributed by atoms with van der Waals surface area (Å²) >= 11 is 0. The van der Waals surface area contributed by atoms with Crippen molar-refractivity contribution in [2.45, 2.75) is 32.6 Å². The molecule has 2 aliphatic heterocycles. The smallest absolute Gasteiger partial charge is 0.321 e. The number of likely N-dealkylation sites (tertiary alicyclic amines) is 1. The molecule has 2 aliphatic rings. The number of carbonyl (C=O) groups excluding carboxylic acids is 1. The Morgan fingerprint density at radius 1 is 1.27 bits per heavy atom. The number of nitrogens with zero attached hydrogens (tertiary/aromatic N) is 3. The molecule has 0 saturated carbocycles. The van der Waals surface area contributed by atoms with E-state index < -0.39 is 0 Å². The van der Waals surface area contributed by atoms with E-state index in [0.29, 0.717) is 38.0 Å². The minimum absolute atomic E-state index is 0.0511. The molecule has 1 N–H and O–H groups in total. The number of rotatable bonds is 2. The van der Waals surface area contributed by atoms with Crippen molar-refractivity contribution in [2.24, 2.45) is 5.41 Å². The lowest BCUT2D eigenvalue weighted by atomic mass is 9.72. The fraction of sp³-hybridized carbons (Fsp3) is 0.526. The SMILES string of the molecule is Cc1noc(C2CN(C(=O)Nc3ccccc3C)CC23CCOCC3)n1. The number of amides is 2. The quantitative estimate of drug-likeness (QED) is 0.894. The van der Waals surface area contributed by atoms with Crippen LogP contribution < -0.4 is 5.32 Å². The summed E-state index contributed by atoms with van der Waals surface area (Å²) in [4.78, 5) is 19.2. The average molecular weight is 356 g/mol. The zero-order valence-electron chi connectivity index (χ0n) is 15.2. The highest BCUT2D eigenvalue weighted by molar-refractivity contribution is 5.90. The molecule has 4 rings (SSSR count). The molecule has 2 saturated heterocycles. The standard InChI is InChI=1S/C19H24N4O3/c1-13-5-3-4-6-16(13)21-18(24)23-11-15(17-20-14(2)22-26-17)19(12-23)7-9-25-10-8-19/h3-6,15H,7-12H2,1-2H3,(H,21,24). The van der Waals surface area contributed by atoms with Crippen molar-refractivity contribution in [3.8, 4) is 0 Å². The van der Waals surface area contributed by atoms with Crippen LogP contribution in [0.15, 0.2) is 28.8 Å². The normalized spacial score (nSPS) is 21.9. The van der Waals surface area contributed by atoms with E-state index in [4.69, 9.17) is 9.26 Å². The molecule has 1 aromatic heterocycles. The third-order valence-corrected chi connectivity index (χ3v) is 5.65. The Morgan fingerprint density at radius 2 is 2.04 bits per heavy atom. The number of benzene rings is 1. The largest absolute Gasteiger partial charge is 0.381 e. The van der Waals surface area contributed by atoms with E-state index in [-0.39, 0.29) is 17.4 Å². The number of aryl methyl sites for hydroxylation is 2. The predicted octanol–water partition coefficient (Wildman–Crippen LogP) is 3.11. The molecule has 0 radical (unpaired) electrons. The second-order valence-corrected chi connectivity index (χ2v) is 7.33. The summed E-state index contributed by atoms with van der Waals surface area (Å²) in [6.07, 6.45) is 1.79. The van der Waals surface area contributed by atoms with Gasteiger partial charge in [-0.3, -0.25) is 0 Å². The van der Waals surface area contributed by atoms with Gasteiger partial charge in [0, 0.05) is 37.4 Å². The van der Waals surface area contributed by atoms with E-state index in [9.17, 15) is 4.79 Å². The number of para-hydroxylation sites is 1. The number of aromatic nitrogens is 2. The van der Waals surface area contributed by atoms with E-state index >= 15 is 0 Å². The van der Waals surface area contributed by atoms with Crippen molar-refractivity contribution in [1.82, 2.24) is 15.0 Å². The molecule has 2 aromatic rings. The molecule has 1 atom stereocenters. The first-order valence-electron chi connectivity index (χ1n) is 9.07. The van der Waals surface area contributed by atoms with Gasteiger partial charge in [-0.05, 0) is 38.3 Å². The lowest BCUT2D eigenvalue weighted by Crippen LogP contribution is -2.38. The molecule has 0 aliphatic carbocycles. The molecule has 7 heteroatoms. The van der Waals surface area contributed by atoms with Gasteiger partial charge in [0.1, 0.15) is 0 Å². The van der Waals surface area contributed by atoms with Gasteiger partial charge in [-0.2, -0.15) is 4.98 Å². The highest BCUT2D eigenvalue weighted by atomic mass is 16.5. The van der Waals surface area contributed by atoms with Crippen molar-refractivity contribution >= 4 is 11.7 Å². The summed E-state index contributed by atoms with van der Waals surface area (Å²) in [6, 6.07) is 7.72. The van der Waals surface area contributed by atoms with Crippen LogP contribution in [0.4, 0.5) is 10.5 Å². The number of ether oxygens (including phenoxy) is 1. The lowest BCUT2D eigenvalue weighted by Gasteiger charge is -2.36. The monoisotopic (exact) mass is 356 g/mol. The molecule has 1 spiro atoms. The van der Waals surface area contributed by atoms with Crippen molar-refractivity contribution in [1.29, 1.82) is 0 Å². The molecule has 26 heavy (non-hydrogen) atoms. The molecule has 1 aromatic carbocycles. The van der Waals surface area contributed by atoms with Gasteiger partial charge in [-0.25, -0.2) is 4.79 Å². The second-order valence-electron chi connectivity index (χ2n) is 7.33. The van der Waals surface area contributed by atoms with Crippen LogP contribution in [0.3, 0.4) is 0 Å². The Bertz CT molecular complexity index is 798. The summed E-state index contributed by atoms with van der Waals surface area (Å²) in [5.41, 5.74) is 1.83. The summed E-state index contributed by atoms with van der Waals surface area (Å²) in [6.45, 7) is 6.48. The van der Waals surface area contributed by atoms with E-state index in [1.165, 1.54) is 0 Å². The first-order valence-corrected chi connectivity index (χ1v) is 9.07.